The number of carboxylic acid groups (broad SMARTS) is 1. The van der Waals surface area contributed by atoms with Crippen LogP contribution in [-0.4, -0.2) is 107 Å². The van der Waals surface area contributed by atoms with Gasteiger partial charge in [-0.25, -0.2) is 19.6 Å². The summed E-state index contributed by atoms with van der Waals surface area (Å²) in [6.45, 7) is 1.79. The van der Waals surface area contributed by atoms with Crippen LogP contribution in [0.1, 0.15) is 31.9 Å². The second-order valence-corrected chi connectivity index (χ2v) is 12.2. The predicted octanol–water partition coefficient (Wildman–Crippen LogP) is 6.10. The number of carboxylic acids is 1. The summed E-state index contributed by atoms with van der Waals surface area (Å²) in [5.41, 5.74) is 13.9. The van der Waals surface area contributed by atoms with Crippen LogP contribution in [0.5, 0.6) is 0 Å². The van der Waals surface area contributed by atoms with E-state index in [1.165, 1.54) is 7.11 Å². The van der Waals surface area contributed by atoms with Crippen molar-refractivity contribution in [1.82, 2.24) is 30.4 Å². The maximum atomic E-state index is 10.8. The number of hydrogen-bond acceptors (Lipinski definition) is 15. The van der Waals surface area contributed by atoms with Gasteiger partial charge in [-0.3, -0.25) is 0 Å². The molecule has 0 unspecified atom stereocenters. The lowest BCUT2D eigenvalue weighted by atomic mass is 10.1. The fraction of sp³-hybridized carbons (Fsp3) is 0.412. The first-order chi connectivity index (χ1) is 25.5. The zero-order valence-corrected chi connectivity index (χ0v) is 32.9. The Morgan fingerprint density at radius 2 is 1.07 bits per heavy atom. The minimum absolute atomic E-state index is 0. The van der Waals surface area contributed by atoms with Crippen LogP contribution in [-0.2, 0) is 46.1 Å². The van der Waals surface area contributed by atoms with Crippen LogP contribution in [0.25, 0.3) is 22.5 Å². The fourth-order valence-electron chi connectivity index (χ4n) is 4.19. The van der Waals surface area contributed by atoms with Gasteiger partial charge < -0.3 is 40.3 Å². The number of aliphatic carboxylic acids is 1. The Balaban J connectivity index is 0.000000531. The molecule has 2 aromatic carbocycles. The largest absolute Gasteiger partial charge is 0.480 e. The highest BCUT2D eigenvalue weighted by molar-refractivity contribution is 6.44. The number of ether oxygens (including phenoxy) is 5. The molecule has 4 rings (SSSR count). The molecule has 4 aromatic rings. The molecular formula is C34H43Cl5N8O8. The molecular weight excluding hydrogens is 826 g/mol. The van der Waals surface area contributed by atoms with Gasteiger partial charge in [-0.15, -0.1) is 32.8 Å². The minimum Gasteiger partial charge on any atom is -0.480 e. The van der Waals surface area contributed by atoms with Gasteiger partial charge in [0.1, 0.15) is 24.6 Å². The summed E-state index contributed by atoms with van der Waals surface area (Å²) >= 11 is 24.4. The summed E-state index contributed by atoms with van der Waals surface area (Å²) in [6, 6.07) is 10.4. The smallest absolute Gasteiger partial charge is 0.331 e. The second kappa shape index (κ2) is 27.0. The van der Waals surface area contributed by atoms with Gasteiger partial charge in [-0.2, -0.15) is 0 Å². The normalized spacial score (nSPS) is 10.4. The predicted molar refractivity (Wildman–Crippen MR) is 213 cm³/mol. The molecule has 0 aliphatic rings. The number of aryl methyl sites for hydroxylation is 2. The molecule has 0 radical (unpaired) electrons. The van der Waals surface area contributed by atoms with Gasteiger partial charge in [0.15, 0.2) is 23.3 Å². The van der Waals surface area contributed by atoms with E-state index in [1.807, 2.05) is 0 Å². The van der Waals surface area contributed by atoms with Gasteiger partial charge in [-0.05, 0) is 25.0 Å². The number of anilines is 2. The average Bonchev–Trinajstić information content (AvgIpc) is 3.13. The van der Waals surface area contributed by atoms with Crippen molar-refractivity contribution in [2.75, 3.05) is 71.4 Å². The number of rotatable bonds is 20. The van der Waals surface area contributed by atoms with Crippen LogP contribution < -0.4 is 11.5 Å². The number of nitrogen functional groups attached to an aromatic ring is 2. The first-order valence-corrected chi connectivity index (χ1v) is 17.5. The van der Waals surface area contributed by atoms with Gasteiger partial charge in [0.05, 0.1) is 53.6 Å². The van der Waals surface area contributed by atoms with Gasteiger partial charge >= 0.3 is 11.9 Å². The number of esters is 1. The minimum atomic E-state index is -1.00. The maximum Gasteiger partial charge on any atom is 0.331 e. The topological polar surface area (TPSA) is 230 Å². The van der Waals surface area contributed by atoms with Crippen molar-refractivity contribution >= 4 is 82.4 Å². The number of aromatic nitrogens is 6. The van der Waals surface area contributed by atoms with Crippen molar-refractivity contribution in [3.8, 4) is 22.5 Å². The fourth-order valence-corrected chi connectivity index (χ4v) is 4.97. The number of methoxy groups -OCH3 is 1. The molecule has 0 amide bonds. The van der Waals surface area contributed by atoms with E-state index in [1.54, 1.807) is 36.4 Å². The molecule has 0 fully saturated rings. The van der Waals surface area contributed by atoms with E-state index in [9.17, 15) is 9.59 Å². The van der Waals surface area contributed by atoms with E-state index in [2.05, 4.69) is 35.1 Å². The number of nitrogens with two attached hydrogens (primary N) is 2. The summed E-state index contributed by atoms with van der Waals surface area (Å²) in [7, 11) is 1.31. The molecule has 302 valence electrons. The van der Waals surface area contributed by atoms with E-state index < -0.39 is 11.9 Å². The second-order valence-electron chi connectivity index (χ2n) is 10.6. The molecule has 0 saturated heterocycles. The van der Waals surface area contributed by atoms with Crippen LogP contribution in [0.15, 0.2) is 36.4 Å². The van der Waals surface area contributed by atoms with Crippen molar-refractivity contribution in [3.63, 3.8) is 0 Å². The summed E-state index contributed by atoms with van der Waals surface area (Å²) in [5.74, 6) is 0.0491. The molecule has 2 heterocycles. The Morgan fingerprint density at radius 3 is 1.47 bits per heavy atom. The Bertz CT molecular complexity index is 1800. The van der Waals surface area contributed by atoms with Crippen molar-refractivity contribution < 1.29 is 38.4 Å². The highest BCUT2D eigenvalue weighted by Gasteiger charge is 2.15. The third kappa shape index (κ3) is 17.3. The standard InChI is InChI=1S/C17H20Cl2N4O4.C16H18Cl2N4O4.CH4.ClH/c1-25-14(24)10-27-9-8-26-7-3-6-13-21-17(20)16(23-22-13)11-4-2-5-12(18)15(11)19;17-11-4-1-3-10(14(11)18)15-16(19)20-12(21-22-15)5-2-6-25-7-8-26-9-13(23)24;;/h2,4-5H,3,6-10H2,1H3,(H2,20,21,22);1,3-4H,2,5-9H2,(H,23,24)(H2,19,20,21);1H4;1H. The molecule has 0 bridgehead atoms. The van der Waals surface area contributed by atoms with Crippen LogP contribution in [0.3, 0.4) is 0 Å². The molecule has 5 N–H and O–H groups in total. The summed E-state index contributed by atoms with van der Waals surface area (Å²) < 4.78 is 25.1. The third-order valence-electron chi connectivity index (χ3n) is 6.72. The van der Waals surface area contributed by atoms with Crippen LogP contribution in [0.2, 0.25) is 20.1 Å². The monoisotopic (exact) mass is 866 g/mol. The lowest BCUT2D eigenvalue weighted by Gasteiger charge is -2.08. The number of hydrogen-bond donors (Lipinski definition) is 3. The zero-order chi connectivity index (χ0) is 38.6. The lowest BCUT2D eigenvalue weighted by Crippen LogP contribution is -2.14. The Hall–Kier alpha value is -3.71. The lowest BCUT2D eigenvalue weighted by molar-refractivity contribution is -0.146. The van der Waals surface area contributed by atoms with E-state index in [-0.39, 0.29) is 51.3 Å². The number of halogens is 5. The summed E-state index contributed by atoms with van der Waals surface area (Å²) in [6.07, 6.45) is 2.45. The molecule has 16 nitrogen and oxygen atoms in total. The van der Waals surface area contributed by atoms with Crippen molar-refractivity contribution in [1.29, 1.82) is 0 Å². The Kier molecular flexibility index (Phi) is 24.2. The molecule has 0 spiro atoms. The molecule has 0 atom stereocenters. The summed E-state index contributed by atoms with van der Waals surface area (Å²) in [4.78, 5) is 29.6. The third-order valence-corrected chi connectivity index (χ3v) is 8.36. The quantitative estimate of drug-likeness (QED) is 0.0673. The summed E-state index contributed by atoms with van der Waals surface area (Å²) in [5, 5.41) is 26.3. The van der Waals surface area contributed by atoms with Gasteiger partial charge in [0.25, 0.3) is 0 Å². The number of carbonyl (C=O) groups excluding carboxylic acids is 1. The Morgan fingerprint density at radius 1 is 0.655 bits per heavy atom. The zero-order valence-electron chi connectivity index (χ0n) is 29.0. The average molecular weight is 869 g/mol. The van der Waals surface area contributed by atoms with E-state index >= 15 is 0 Å². The van der Waals surface area contributed by atoms with Gasteiger partial charge in [0.2, 0.25) is 0 Å². The van der Waals surface area contributed by atoms with Crippen molar-refractivity contribution in [3.05, 3.63) is 68.1 Å². The number of benzene rings is 2. The molecule has 0 aliphatic carbocycles. The van der Waals surface area contributed by atoms with E-state index in [0.717, 1.165) is 0 Å². The molecule has 21 heteroatoms. The number of carbonyl (C=O) groups is 2. The van der Waals surface area contributed by atoms with Gasteiger partial charge in [-0.1, -0.05) is 78.1 Å². The molecule has 0 saturated carbocycles. The first kappa shape index (κ1) is 49.3. The van der Waals surface area contributed by atoms with Crippen molar-refractivity contribution in [2.45, 2.75) is 33.1 Å². The van der Waals surface area contributed by atoms with Crippen LogP contribution >= 0.6 is 58.8 Å². The molecule has 0 aliphatic heterocycles. The molecule has 55 heavy (non-hydrogen) atoms. The van der Waals surface area contributed by atoms with Gasteiger partial charge in [0, 0.05) is 37.2 Å². The highest BCUT2D eigenvalue weighted by atomic mass is 35.5. The first-order valence-electron chi connectivity index (χ1n) is 16.0. The van der Waals surface area contributed by atoms with E-state index in [4.69, 9.17) is 81.9 Å². The number of nitrogens with zero attached hydrogens (tertiary/aromatic N) is 6. The van der Waals surface area contributed by atoms with Crippen LogP contribution in [0, 0.1) is 0 Å². The van der Waals surface area contributed by atoms with Crippen molar-refractivity contribution in [2.24, 2.45) is 0 Å². The highest BCUT2D eigenvalue weighted by Crippen LogP contribution is 2.35. The van der Waals surface area contributed by atoms with E-state index in [0.29, 0.717) is 113 Å². The SMILES string of the molecule is C.COC(=O)COCCOCCCc1nnc(-c2cccc(Cl)c2Cl)c(N)n1.Cl.Nc1nc(CCCOCCOCC(=O)O)nnc1-c1cccc(Cl)c1Cl. The van der Waals surface area contributed by atoms with Crippen LogP contribution in [0.4, 0.5) is 11.6 Å². The Labute approximate surface area is 344 Å². The molecule has 2 aromatic heterocycles. The maximum absolute atomic E-state index is 10.8.